The molecule has 1 heterocycles. The van der Waals surface area contributed by atoms with Crippen molar-refractivity contribution in [1.82, 2.24) is 19.8 Å². The number of nitrogens with zero attached hydrogens (tertiary/aromatic N) is 3. The first-order valence-electron chi connectivity index (χ1n) is 11.3. The van der Waals surface area contributed by atoms with Gasteiger partial charge in [-0.3, -0.25) is 9.36 Å². The molecule has 166 valence electrons. The summed E-state index contributed by atoms with van der Waals surface area (Å²) < 4.78 is 1.72. The van der Waals surface area contributed by atoms with Gasteiger partial charge in [-0.1, -0.05) is 45.2 Å². The Morgan fingerprint density at radius 2 is 1.83 bits per heavy atom. The van der Waals surface area contributed by atoms with Crippen molar-refractivity contribution in [3.05, 3.63) is 40.4 Å². The summed E-state index contributed by atoms with van der Waals surface area (Å²) in [6.07, 6.45) is 5.01. The molecule has 1 atom stereocenters. The minimum absolute atomic E-state index is 0.0429. The first-order chi connectivity index (χ1) is 14.2. The zero-order valence-corrected chi connectivity index (χ0v) is 19.5. The van der Waals surface area contributed by atoms with E-state index in [4.69, 9.17) is 4.98 Å². The Labute approximate surface area is 180 Å². The topological polar surface area (TPSA) is 67.2 Å². The van der Waals surface area contributed by atoms with Crippen LogP contribution in [0.5, 0.6) is 0 Å². The third-order valence-corrected chi connectivity index (χ3v) is 5.26. The van der Waals surface area contributed by atoms with Gasteiger partial charge in [-0.2, -0.15) is 0 Å². The maximum atomic E-state index is 13.2. The predicted molar refractivity (Wildman–Crippen MR) is 124 cm³/mol. The Bertz CT molecular complexity index is 898. The highest BCUT2D eigenvalue weighted by molar-refractivity contribution is 5.78. The molecule has 1 aromatic heterocycles. The van der Waals surface area contributed by atoms with Crippen molar-refractivity contribution in [2.24, 2.45) is 0 Å². The zero-order valence-electron chi connectivity index (χ0n) is 19.5. The van der Waals surface area contributed by atoms with Gasteiger partial charge in [0.1, 0.15) is 5.82 Å². The van der Waals surface area contributed by atoms with Gasteiger partial charge in [0.2, 0.25) is 0 Å². The average Bonchev–Trinajstić information content (AvgIpc) is 2.69. The van der Waals surface area contributed by atoms with E-state index in [2.05, 4.69) is 19.2 Å². The lowest BCUT2D eigenvalue weighted by Gasteiger charge is -2.34. The van der Waals surface area contributed by atoms with Crippen LogP contribution in [0, 0.1) is 0 Å². The summed E-state index contributed by atoms with van der Waals surface area (Å²) in [6.45, 7) is 13.3. The Morgan fingerprint density at radius 3 is 2.43 bits per heavy atom. The summed E-state index contributed by atoms with van der Waals surface area (Å²) in [7, 11) is 0. The average molecular weight is 415 g/mol. The molecular weight excluding hydrogens is 376 g/mol. The summed E-state index contributed by atoms with van der Waals surface area (Å²) in [6, 6.07) is 7.08. The zero-order chi connectivity index (χ0) is 22.3. The van der Waals surface area contributed by atoms with Gasteiger partial charge < -0.3 is 10.2 Å². The van der Waals surface area contributed by atoms with Gasteiger partial charge in [-0.15, -0.1) is 0 Å². The van der Waals surface area contributed by atoms with E-state index in [0.29, 0.717) is 36.2 Å². The monoisotopic (exact) mass is 414 g/mol. The van der Waals surface area contributed by atoms with E-state index >= 15 is 0 Å². The minimum atomic E-state index is -0.335. The van der Waals surface area contributed by atoms with Crippen molar-refractivity contribution in [3.63, 3.8) is 0 Å². The van der Waals surface area contributed by atoms with Gasteiger partial charge in [0, 0.05) is 18.6 Å². The molecule has 30 heavy (non-hydrogen) atoms. The van der Waals surface area contributed by atoms with Gasteiger partial charge in [-0.25, -0.2) is 9.78 Å². The SMILES string of the molecule is CCCCCCN(C(=O)NC(C)(C)C)C(CC)c1nc2ccccc2c(=O)n1CC. The Balaban J connectivity index is 2.51. The fourth-order valence-electron chi connectivity index (χ4n) is 3.79. The molecule has 0 bridgehead atoms. The van der Waals surface area contributed by atoms with Crippen LogP contribution in [0.3, 0.4) is 0 Å². The lowest BCUT2D eigenvalue weighted by atomic mass is 10.1. The summed E-state index contributed by atoms with van der Waals surface area (Å²) >= 11 is 0. The van der Waals surface area contributed by atoms with Gasteiger partial charge in [-0.05, 0) is 52.7 Å². The molecule has 1 unspecified atom stereocenters. The van der Waals surface area contributed by atoms with Crippen LogP contribution in [0.2, 0.25) is 0 Å². The number of fused-ring (bicyclic) bond motifs is 1. The van der Waals surface area contributed by atoms with Crippen molar-refractivity contribution in [3.8, 4) is 0 Å². The molecule has 0 aliphatic heterocycles. The second-order valence-electron chi connectivity index (χ2n) is 8.89. The fourth-order valence-corrected chi connectivity index (χ4v) is 3.79. The minimum Gasteiger partial charge on any atom is -0.333 e. The maximum absolute atomic E-state index is 13.2. The fraction of sp³-hybridized carbons (Fsp3) is 0.625. The molecule has 0 saturated heterocycles. The number of hydrogen-bond donors (Lipinski definition) is 1. The largest absolute Gasteiger partial charge is 0.333 e. The van der Waals surface area contributed by atoms with Crippen molar-refractivity contribution < 1.29 is 4.79 Å². The summed E-state index contributed by atoms with van der Waals surface area (Å²) in [5, 5.41) is 3.72. The van der Waals surface area contributed by atoms with Crippen molar-refractivity contribution in [1.29, 1.82) is 0 Å². The number of hydrogen-bond acceptors (Lipinski definition) is 3. The van der Waals surface area contributed by atoms with Gasteiger partial charge >= 0.3 is 6.03 Å². The molecular formula is C24H38N4O2. The van der Waals surface area contributed by atoms with Crippen LogP contribution in [0.4, 0.5) is 4.79 Å². The Morgan fingerprint density at radius 1 is 1.13 bits per heavy atom. The standard InChI is InChI=1S/C24H38N4O2/c1-7-10-11-14-17-28(23(30)26-24(4,5)6)20(8-2)21-25-19-16-13-12-15-18(19)22(29)27(21)9-3/h12-13,15-16,20H,7-11,14,17H2,1-6H3,(H,26,30). The number of carbonyl (C=O) groups is 1. The van der Waals surface area contributed by atoms with E-state index in [1.807, 2.05) is 56.9 Å². The molecule has 2 aromatic rings. The highest BCUT2D eigenvalue weighted by Crippen LogP contribution is 2.25. The molecule has 0 aliphatic rings. The van der Waals surface area contributed by atoms with Gasteiger partial charge in [0.05, 0.1) is 16.9 Å². The molecule has 0 saturated carbocycles. The summed E-state index contributed by atoms with van der Waals surface area (Å²) in [4.78, 5) is 33.1. The van der Waals surface area contributed by atoms with E-state index in [-0.39, 0.29) is 23.2 Å². The van der Waals surface area contributed by atoms with Gasteiger partial charge in [0.15, 0.2) is 0 Å². The lowest BCUT2D eigenvalue weighted by Crippen LogP contribution is -2.50. The number of rotatable bonds is 9. The van der Waals surface area contributed by atoms with Crippen molar-refractivity contribution in [2.75, 3.05) is 6.54 Å². The number of benzene rings is 1. The van der Waals surface area contributed by atoms with E-state index in [1.54, 1.807) is 4.57 Å². The molecule has 0 spiro atoms. The third-order valence-electron chi connectivity index (χ3n) is 5.26. The highest BCUT2D eigenvalue weighted by Gasteiger charge is 2.29. The first-order valence-corrected chi connectivity index (χ1v) is 11.3. The summed E-state index contributed by atoms with van der Waals surface area (Å²) in [5.74, 6) is 0.670. The van der Waals surface area contributed by atoms with Crippen molar-refractivity contribution >= 4 is 16.9 Å². The highest BCUT2D eigenvalue weighted by atomic mass is 16.2. The second-order valence-corrected chi connectivity index (χ2v) is 8.89. The Kier molecular flexibility index (Phi) is 8.44. The quantitative estimate of drug-likeness (QED) is 0.569. The maximum Gasteiger partial charge on any atom is 0.318 e. The van der Waals surface area contributed by atoms with Crippen LogP contribution in [0.25, 0.3) is 10.9 Å². The molecule has 0 aliphatic carbocycles. The lowest BCUT2D eigenvalue weighted by molar-refractivity contribution is 0.157. The van der Waals surface area contributed by atoms with Crippen LogP contribution in [-0.4, -0.2) is 32.6 Å². The Hall–Kier alpha value is -2.37. The normalized spacial score (nSPS) is 12.7. The molecule has 6 heteroatoms. The van der Waals surface area contributed by atoms with Crippen LogP contribution >= 0.6 is 0 Å². The number of nitrogens with one attached hydrogen (secondary N) is 1. The van der Waals surface area contributed by atoms with E-state index in [9.17, 15) is 9.59 Å². The molecule has 1 aromatic carbocycles. The number of urea groups is 1. The first kappa shape index (κ1) is 23.9. The van der Waals surface area contributed by atoms with Crippen LogP contribution in [-0.2, 0) is 6.54 Å². The van der Waals surface area contributed by atoms with Crippen LogP contribution in [0.15, 0.2) is 29.1 Å². The second kappa shape index (κ2) is 10.6. The number of amides is 2. The molecule has 2 rings (SSSR count). The molecule has 6 nitrogen and oxygen atoms in total. The molecule has 0 fully saturated rings. The molecule has 1 N–H and O–H groups in total. The van der Waals surface area contributed by atoms with E-state index in [1.165, 1.54) is 0 Å². The number of para-hydroxylation sites is 1. The molecule has 2 amide bonds. The smallest absolute Gasteiger partial charge is 0.318 e. The van der Waals surface area contributed by atoms with Crippen molar-refractivity contribution in [2.45, 2.75) is 91.8 Å². The van der Waals surface area contributed by atoms with E-state index < -0.39 is 0 Å². The number of aromatic nitrogens is 2. The number of carbonyl (C=O) groups excluding carboxylic acids is 1. The van der Waals surface area contributed by atoms with E-state index in [0.717, 1.165) is 25.7 Å². The predicted octanol–water partition coefficient (Wildman–Crippen LogP) is 5.26. The summed E-state index contributed by atoms with van der Waals surface area (Å²) in [5.41, 5.74) is 0.305. The van der Waals surface area contributed by atoms with Crippen LogP contribution in [0.1, 0.15) is 85.5 Å². The van der Waals surface area contributed by atoms with Crippen LogP contribution < -0.4 is 10.9 Å². The van der Waals surface area contributed by atoms with Gasteiger partial charge in [0.25, 0.3) is 5.56 Å². The molecule has 0 radical (unpaired) electrons. The third kappa shape index (κ3) is 5.83. The number of unbranched alkanes of at least 4 members (excludes halogenated alkanes) is 3.